The largest absolute Gasteiger partial charge is 0.495 e. The van der Waals surface area contributed by atoms with Crippen molar-refractivity contribution in [3.8, 4) is 22.4 Å². The van der Waals surface area contributed by atoms with Crippen LogP contribution in [0.1, 0.15) is 108 Å². The molecule has 4 fully saturated rings. The van der Waals surface area contributed by atoms with E-state index in [0.717, 1.165) is 11.3 Å². The molecule has 12 heteroatoms. The Morgan fingerprint density at radius 3 is 2.15 bits per heavy atom. The van der Waals surface area contributed by atoms with E-state index in [1.54, 1.807) is 4.90 Å². The zero-order chi connectivity index (χ0) is 36.6. The fraction of sp³-hybridized carbons (Fsp3) is 0.575. The fourth-order valence-electron chi connectivity index (χ4n) is 9.03. The summed E-state index contributed by atoms with van der Waals surface area (Å²) in [5.41, 5.74) is 7.69. The second-order valence-electron chi connectivity index (χ2n) is 16.6. The number of hydrogen-bond acceptors (Lipinski definition) is 8. The molecule has 6 aliphatic rings. The van der Waals surface area contributed by atoms with Crippen molar-refractivity contribution in [1.82, 2.24) is 20.2 Å². The Morgan fingerprint density at radius 2 is 1.54 bits per heavy atom. The van der Waals surface area contributed by atoms with Gasteiger partial charge in [-0.2, -0.15) is 0 Å². The van der Waals surface area contributed by atoms with Crippen LogP contribution in [-0.2, 0) is 28.3 Å². The zero-order valence-electron chi connectivity index (χ0n) is 31.4. The van der Waals surface area contributed by atoms with Gasteiger partial charge in [-0.1, -0.05) is 50.2 Å². The first-order chi connectivity index (χ1) is 24.8. The van der Waals surface area contributed by atoms with Gasteiger partial charge < -0.3 is 38.7 Å². The molecule has 3 aliphatic carbocycles. The summed E-state index contributed by atoms with van der Waals surface area (Å²) in [4.78, 5) is 36.2. The van der Waals surface area contributed by atoms with Crippen molar-refractivity contribution >= 4 is 24.6 Å². The van der Waals surface area contributed by atoms with Crippen LogP contribution in [0.2, 0.25) is 0 Å². The van der Waals surface area contributed by atoms with Crippen LogP contribution >= 0.6 is 0 Å². The van der Waals surface area contributed by atoms with Crippen LogP contribution in [0.3, 0.4) is 0 Å². The third-order valence-corrected chi connectivity index (χ3v) is 12.6. The topological polar surface area (TPSA) is 124 Å². The number of ether oxygens (including phenoxy) is 3. The average molecular weight is 711 g/mol. The summed E-state index contributed by atoms with van der Waals surface area (Å²) >= 11 is 0. The van der Waals surface area contributed by atoms with Gasteiger partial charge >= 0.3 is 13.2 Å². The van der Waals surface area contributed by atoms with Crippen LogP contribution in [0.15, 0.2) is 42.6 Å². The minimum absolute atomic E-state index is 0.166. The lowest BCUT2D eigenvalue weighted by Gasteiger charge is -2.41. The summed E-state index contributed by atoms with van der Waals surface area (Å²) in [6, 6.07) is 12.0. The quantitative estimate of drug-likeness (QED) is 0.278. The molecule has 1 saturated carbocycles. The monoisotopic (exact) mass is 710 g/mol. The summed E-state index contributed by atoms with van der Waals surface area (Å²) in [6.45, 7) is 13.4. The Balaban J connectivity index is 1.07. The molecule has 2 amide bonds. The zero-order valence-corrected chi connectivity index (χ0v) is 31.4. The van der Waals surface area contributed by atoms with Gasteiger partial charge in [0.1, 0.15) is 11.9 Å². The third kappa shape index (κ3) is 5.95. The van der Waals surface area contributed by atoms with Gasteiger partial charge in [-0.05, 0) is 104 Å². The number of methoxy groups -OCH3 is 1. The first kappa shape index (κ1) is 35.3. The molecule has 2 atom stereocenters. The number of fused-ring (bicyclic) bond motifs is 2. The first-order valence-corrected chi connectivity index (χ1v) is 18.9. The number of carbonyl (C=O) groups is 2. The van der Waals surface area contributed by atoms with Gasteiger partial charge in [-0.3, -0.25) is 4.79 Å². The number of imidazole rings is 1. The average Bonchev–Trinajstić information content (AvgIpc) is 3.93. The number of likely N-dealkylation sites (tertiary alicyclic amines) is 1. The van der Waals surface area contributed by atoms with Gasteiger partial charge in [0.15, 0.2) is 5.79 Å². The first-order valence-electron chi connectivity index (χ1n) is 18.9. The van der Waals surface area contributed by atoms with Gasteiger partial charge in [-0.15, -0.1) is 0 Å². The molecule has 3 aromatic rings. The maximum Gasteiger partial charge on any atom is 0.495 e. The maximum atomic E-state index is 14.0. The predicted octanol–water partition coefficient (Wildman–Crippen LogP) is 6.19. The van der Waals surface area contributed by atoms with E-state index in [0.29, 0.717) is 37.3 Å². The van der Waals surface area contributed by atoms with Crippen molar-refractivity contribution in [2.75, 3.05) is 26.9 Å². The minimum atomic E-state index is -0.904. The van der Waals surface area contributed by atoms with E-state index in [1.807, 2.05) is 20.0 Å². The van der Waals surface area contributed by atoms with Crippen LogP contribution in [0.5, 0.6) is 0 Å². The van der Waals surface area contributed by atoms with Crippen molar-refractivity contribution < 1.29 is 33.1 Å². The molecule has 3 aliphatic heterocycles. The molecule has 0 radical (unpaired) electrons. The van der Waals surface area contributed by atoms with Crippen molar-refractivity contribution in [3.63, 3.8) is 0 Å². The maximum absolute atomic E-state index is 14.0. The molecule has 1 aromatic heterocycles. The lowest BCUT2D eigenvalue weighted by atomic mass is 9.59. The number of aromatic amines is 1. The number of H-pyrrole nitrogens is 1. The van der Waals surface area contributed by atoms with E-state index in [9.17, 15) is 9.59 Å². The molecule has 2 N–H and O–H groups in total. The summed E-state index contributed by atoms with van der Waals surface area (Å²) in [5.74, 6) is 0.416. The van der Waals surface area contributed by atoms with Crippen LogP contribution in [0.25, 0.3) is 22.4 Å². The Morgan fingerprint density at radius 1 is 0.923 bits per heavy atom. The number of aromatic nitrogens is 2. The summed E-state index contributed by atoms with van der Waals surface area (Å²) in [7, 11) is 0.926. The minimum Gasteiger partial charge on any atom is -0.453 e. The molecule has 52 heavy (non-hydrogen) atoms. The Bertz CT molecular complexity index is 1830. The van der Waals surface area contributed by atoms with Crippen molar-refractivity contribution in [3.05, 3.63) is 59.5 Å². The number of nitrogens with one attached hydrogen (secondary N) is 2. The standard InChI is InChI=1S/C40H51BN4O7/c1-23(2)34(44-37(47)48-7)36(46)45-22-40(49-18-19-50-40)20-31(45)35-42-21-30(43-35)25-10-8-24(9-11-25)28-16-17-29(41-51-38(3,4)39(5,6)52-41)33-27-14-12-26(13-15-27)32(28)33/h8-11,16-17,21,23,26-27,31,34H,12-15,18-20,22H2,1-7H3,(H,42,43)(H,44,47)/t26?,27?,31-,34-/m0/s1. The van der Waals surface area contributed by atoms with Crippen LogP contribution in [-0.4, -0.2) is 83.9 Å². The van der Waals surface area contributed by atoms with Crippen LogP contribution in [0, 0.1) is 5.92 Å². The molecule has 4 heterocycles. The smallest absolute Gasteiger partial charge is 0.453 e. The van der Waals surface area contributed by atoms with E-state index in [1.165, 1.54) is 60.5 Å². The van der Waals surface area contributed by atoms with Crippen LogP contribution < -0.4 is 10.8 Å². The Labute approximate surface area is 306 Å². The Kier molecular flexibility index (Phi) is 8.83. The molecule has 276 valence electrons. The molecule has 1 spiro atoms. The van der Waals surface area contributed by atoms with E-state index in [2.05, 4.69) is 74.4 Å². The summed E-state index contributed by atoms with van der Waals surface area (Å²) < 4.78 is 30.1. The number of alkyl carbamates (subject to hydrolysis) is 1. The van der Waals surface area contributed by atoms with Crippen molar-refractivity contribution in [1.29, 1.82) is 0 Å². The third-order valence-electron chi connectivity index (χ3n) is 12.6. The van der Waals surface area contributed by atoms with E-state index in [4.69, 9.17) is 28.5 Å². The normalized spacial score (nSPS) is 25.9. The Hall–Kier alpha value is -3.71. The molecular weight excluding hydrogens is 659 g/mol. The molecule has 2 bridgehead atoms. The highest BCUT2D eigenvalue weighted by molar-refractivity contribution is 6.62. The fourth-order valence-corrected chi connectivity index (χ4v) is 9.03. The van der Waals surface area contributed by atoms with E-state index < -0.39 is 24.0 Å². The lowest BCUT2D eigenvalue weighted by Crippen LogP contribution is -2.52. The molecule has 11 nitrogen and oxygen atoms in total. The number of hydrogen-bond donors (Lipinski definition) is 2. The van der Waals surface area contributed by atoms with E-state index >= 15 is 0 Å². The summed E-state index contributed by atoms with van der Waals surface area (Å²) in [6.07, 6.45) is 6.49. The second kappa shape index (κ2) is 13.0. The number of carbonyl (C=O) groups excluding carboxylic acids is 2. The molecular formula is C40H51BN4O7. The highest BCUT2D eigenvalue weighted by Crippen LogP contribution is 2.52. The van der Waals surface area contributed by atoms with Crippen molar-refractivity contribution in [2.24, 2.45) is 5.92 Å². The number of rotatable bonds is 7. The van der Waals surface area contributed by atoms with Crippen molar-refractivity contribution in [2.45, 2.75) is 115 Å². The molecule has 9 rings (SSSR count). The van der Waals surface area contributed by atoms with E-state index in [-0.39, 0.29) is 36.7 Å². The van der Waals surface area contributed by atoms with Gasteiger partial charge in [0.25, 0.3) is 0 Å². The van der Waals surface area contributed by atoms with Gasteiger partial charge in [0.2, 0.25) is 5.91 Å². The highest BCUT2D eigenvalue weighted by Gasteiger charge is 2.54. The van der Waals surface area contributed by atoms with Gasteiger partial charge in [0, 0.05) is 6.42 Å². The van der Waals surface area contributed by atoms with Gasteiger partial charge in [-0.25, -0.2) is 9.78 Å². The number of amides is 2. The number of benzene rings is 2. The van der Waals surface area contributed by atoms with Gasteiger partial charge in [0.05, 0.1) is 56.0 Å². The summed E-state index contributed by atoms with van der Waals surface area (Å²) in [5, 5.41) is 2.72. The van der Waals surface area contributed by atoms with Crippen LogP contribution in [0.4, 0.5) is 4.79 Å². The molecule has 2 aromatic carbocycles. The number of nitrogens with zero attached hydrogens (tertiary/aromatic N) is 2. The SMILES string of the molecule is COC(=O)N[C@H](C(=O)N1CC2(C[C@H]1c1ncc(-c3ccc(-c4ccc(B5OC(C)(C)C(C)(C)O5)c5c4C4CCC5CC4)cc3)[nH]1)OCCO2)C(C)C. The predicted molar refractivity (Wildman–Crippen MR) is 197 cm³/mol. The highest BCUT2D eigenvalue weighted by atomic mass is 16.7. The lowest BCUT2D eigenvalue weighted by molar-refractivity contribution is -0.153. The molecule has 0 unspecified atom stereocenters. The molecule has 3 saturated heterocycles. The second-order valence-corrected chi connectivity index (χ2v) is 16.6.